The lowest BCUT2D eigenvalue weighted by molar-refractivity contribution is -0.143. The SMILES string of the molecule is CC1CC(C(=O)O)CCC1NC(=O)OC(C)(C)C. The number of hydrogen-bond acceptors (Lipinski definition) is 3. The van der Waals surface area contributed by atoms with Crippen LogP contribution in [0.5, 0.6) is 0 Å². The van der Waals surface area contributed by atoms with Crippen LogP contribution in [0.15, 0.2) is 0 Å². The molecular weight excluding hydrogens is 234 g/mol. The Morgan fingerprint density at radius 2 is 1.89 bits per heavy atom. The molecule has 0 aromatic rings. The standard InChI is InChI=1S/C13H23NO4/c1-8-7-9(11(15)16)5-6-10(8)14-12(17)18-13(2,3)4/h8-10H,5-7H2,1-4H3,(H,14,17)(H,15,16). The molecule has 0 aromatic carbocycles. The number of rotatable bonds is 2. The Hall–Kier alpha value is -1.26. The summed E-state index contributed by atoms with van der Waals surface area (Å²) in [5, 5.41) is 11.8. The average molecular weight is 257 g/mol. The summed E-state index contributed by atoms with van der Waals surface area (Å²) >= 11 is 0. The largest absolute Gasteiger partial charge is 0.481 e. The number of aliphatic carboxylic acids is 1. The molecule has 1 aliphatic rings. The van der Waals surface area contributed by atoms with Crippen molar-refractivity contribution in [3.63, 3.8) is 0 Å². The third kappa shape index (κ3) is 4.55. The highest BCUT2D eigenvalue weighted by molar-refractivity contribution is 5.70. The maximum absolute atomic E-state index is 11.6. The summed E-state index contributed by atoms with van der Waals surface area (Å²) in [5.74, 6) is -0.860. The first-order valence-corrected chi connectivity index (χ1v) is 6.41. The second-order valence-electron chi connectivity index (χ2n) is 6.08. The summed E-state index contributed by atoms with van der Waals surface area (Å²) in [5.41, 5.74) is -0.508. The number of carboxylic acid groups (broad SMARTS) is 1. The van der Waals surface area contributed by atoms with E-state index in [1.807, 2.05) is 27.7 Å². The van der Waals surface area contributed by atoms with Gasteiger partial charge < -0.3 is 15.2 Å². The third-order valence-electron chi connectivity index (χ3n) is 3.22. The first kappa shape index (κ1) is 14.8. The molecule has 0 spiro atoms. The van der Waals surface area contributed by atoms with Crippen molar-refractivity contribution in [3.05, 3.63) is 0 Å². The molecule has 0 aromatic heterocycles. The highest BCUT2D eigenvalue weighted by Gasteiger charge is 2.32. The van der Waals surface area contributed by atoms with Crippen molar-refractivity contribution in [2.24, 2.45) is 11.8 Å². The summed E-state index contributed by atoms with van der Waals surface area (Å²) in [6, 6.07) is 0.00968. The van der Waals surface area contributed by atoms with Gasteiger partial charge in [-0.25, -0.2) is 4.79 Å². The van der Waals surface area contributed by atoms with Gasteiger partial charge in [0, 0.05) is 6.04 Å². The lowest BCUT2D eigenvalue weighted by Gasteiger charge is -2.33. The van der Waals surface area contributed by atoms with Gasteiger partial charge in [-0.05, 0) is 46.0 Å². The van der Waals surface area contributed by atoms with Crippen molar-refractivity contribution in [1.29, 1.82) is 0 Å². The Morgan fingerprint density at radius 1 is 1.28 bits per heavy atom. The van der Waals surface area contributed by atoms with Crippen LogP contribution in [0.4, 0.5) is 4.79 Å². The van der Waals surface area contributed by atoms with Gasteiger partial charge in [0.1, 0.15) is 5.60 Å². The van der Waals surface area contributed by atoms with Gasteiger partial charge in [-0.2, -0.15) is 0 Å². The lowest BCUT2D eigenvalue weighted by Crippen LogP contribution is -2.45. The Bertz CT molecular complexity index is 321. The van der Waals surface area contributed by atoms with E-state index in [0.717, 1.165) is 0 Å². The molecule has 2 N–H and O–H groups in total. The summed E-state index contributed by atoms with van der Waals surface area (Å²) in [7, 11) is 0. The summed E-state index contributed by atoms with van der Waals surface area (Å²) in [6.45, 7) is 7.42. The van der Waals surface area contributed by atoms with Crippen LogP contribution in [0.2, 0.25) is 0 Å². The smallest absolute Gasteiger partial charge is 0.407 e. The summed E-state index contributed by atoms with van der Waals surface area (Å²) < 4.78 is 5.20. The quantitative estimate of drug-likeness (QED) is 0.796. The number of ether oxygens (including phenoxy) is 1. The van der Waals surface area contributed by atoms with Gasteiger partial charge in [0.05, 0.1) is 5.92 Å². The van der Waals surface area contributed by atoms with Gasteiger partial charge in [0.25, 0.3) is 0 Å². The third-order valence-corrected chi connectivity index (χ3v) is 3.22. The lowest BCUT2D eigenvalue weighted by atomic mass is 9.79. The molecule has 1 rings (SSSR count). The molecule has 1 fully saturated rings. The maximum atomic E-state index is 11.6. The second-order valence-corrected chi connectivity index (χ2v) is 6.08. The van der Waals surface area contributed by atoms with Gasteiger partial charge in [0.15, 0.2) is 0 Å². The number of carboxylic acids is 1. The topological polar surface area (TPSA) is 75.6 Å². The van der Waals surface area contributed by atoms with Crippen LogP contribution in [-0.4, -0.2) is 28.8 Å². The second kappa shape index (κ2) is 5.59. The van der Waals surface area contributed by atoms with Crippen LogP contribution in [-0.2, 0) is 9.53 Å². The molecule has 0 heterocycles. The van der Waals surface area contributed by atoms with Crippen molar-refractivity contribution in [1.82, 2.24) is 5.32 Å². The molecule has 0 bridgehead atoms. The highest BCUT2D eigenvalue weighted by atomic mass is 16.6. The molecule has 3 atom stereocenters. The van der Waals surface area contributed by atoms with E-state index in [9.17, 15) is 9.59 Å². The molecule has 18 heavy (non-hydrogen) atoms. The number of carbonyl (C=O) groups is 2. The molecule has 1 amide bonds. The Kier molecular flexibility index (Phi) is 4.59. The monoisotopic (exact) mass is 257 g/mol. The van der Waals surface area contributed by atoms with Crippen molar-refractivity contribution in [2.45, 2.75) is 58.6 Å². The first-order chi connectivity index (χ1) is 8.19. The van der Waals surface area contributed by atoms with Crippen molar-refractivity contribution in [2.75, 3.05) is 0 Å². The Morgan fingerprint density at radius 3 is 2.33 bits per heavy atom. The van der Waals surface area contributed by atoms with Crippen LogP contribution in [0.3, 0.4) is 0 Å². The van der Waals surface area contributed by atoms with E-state index in [4.69, 9.17) is 9.84 Å². The van der Waals surface area contributed by atoms with Crippen molar-refractivity contribution in [3.8, 4) is 0 Å². The van der Waals surface area contributed by atoms with E-state index < -0.39 is 17.7 Å². The fourth-order valence-electron chi connectivity index (χ4n) is 2.29. The van der Waals surface area contributed by atoms with Crippen molar-refractivity contribution >= 4 is 12.1 Å². The predicted octanol–water partition coefficient (Wildman–Crippen LogP) is 2.40. The number of carbonyl (C=O) groups excluding carboxylic acids is 1. The van der Waals surface area contributed by atoms with Gasteiger partial charge in [-0.15, -0.1) is 0 Å². The van der Waals surface area contributed by atoms with E-state index >= 15 is 0 Å². The van der Waals surface area contributed by atoms with Crippen LogP contribution < -0.4 is 5.32 Å². The Balaban J connectivity index is 2.45. The molecular formula is C13H23NO4. The minimum absolute atomic E-state index is 0.00968. The van der Waals surface area contributed by atoms with E-state index in [1.165, 1.54) is 0 Å². The number of amides is 1. The minimum atomic E-state index is -0.738. The predicted molar refractivity (Wildman–Crippen MR) is 67.3 cm³/mol. The number of hydrogen-bond donors (Lipinski definition) is 2. The van der Waals surface area contributed by atoms with Gasteiger partial charge in [0.2, 0.25) is 0 Å². The maximum Gasteiger partial charge on any atom is 0.407 e. The zero-order valence-electron chi connectivity index (χ0n) is 11.5. The van der Waals surface area contributed by atoms with Crippen LogP contribution in [0.1, 0.15) is 47.0 Å². The molecule has 1 saturated carbocycles. The van der Waals surface area contributed by atoms with E-state index in [2.05, 4.69) is 5.32 Å². The highest BCUT2D eigenvalue weighted by Crippen LogP contribution is 2.29. The van der Waals surface area contributed by atoms with E-state index in [0.29, 0.717) is 19.3 Å². The number of nitrogens with one attached hydrogen (secondary N) is 1. The normalized spacial score (nSPS) is 28.6. The molecule has 0 saturated heterocycles. The fraction of sp³-hybridized carbons (Fsp3) is 0.846. The van der Waals surface area contributed by atoms with Crippen LogP contribution >= 0.6 is 0 Å². The molecule has 3 unspecified atom stereocenters. The van der Waals surface area contributed by atoms with E-state index in [-0.39, 0.29) is 17.9 Å². The van der Waals surface area contributed by atoms with E-state index in [1.54, 1.807) is 0 Å². The molecule has 1 aliphatic carbocycles. The minimum Gasteiger partial charge on any atom is -0.481 e. The fourth-order valence-corrected chi connectivity index (χ4v) is 2.29. The van der Waals surface area contributed by atoms with Crippen LogP contribution in [0.25, 0.3) is 0 Å². The first-order valence-electron chi connectivity index (χ1n) is 6.41. The molecule has 5 nitrogen and oxygen atoms in total. The number of alkyl carbamates (subject to hydrolysis) is 1. The van der Waals surface area contributed by atoms with Gasteiger partial charge in [-0.3, -0.25) is 4.79 Å². The molecule has 5 heteroatoms. The zero-order chi connectivity index (χ0) is 13.9. The molecule has 0 radical (unpaired) electrons. The van der Waals surface area contributed by atoms with Gasteiger partial charge in [-0.1, -0.05) is 6.92 Å². The van der Waals surface area contributed by atoms with Crippen LogP contribution in [0, 0.1) is 11.8 Å². The Labute approximate surface area is 108 Å². The average Bonchev–Trinajstić information content (AvgIpc) is 2.17. The summed E-state index contributed by atoms with van der Waals surface area (Å²) in [6.07, 6.45) is 1.49. The zero-order valence-corrected chi connectivity index (χ0v) is 11.5. The van der Waals surface area contributed by atoms with Crippen molar-refractivity contribution < 1.29 is 19.4 Å². The molecule has 104 valence electrons. The van der Waals surface area contributed by atoms with Gasteiger partial charge >= 0.3 is 12.1 Å². The molecule has 0 aliphatic heterocycles. The summed E-state index contributed by atoms with van der Waals surface area (Å²) in [4.78, 5) is 22.5.